The van der Waals surface area contributed by atoms with Crippen molar-refractivity contribution in [1.82, 2.24) is 10.2 Å². The van der Waals surface area contributed by atoms with E-state index in [0.29, 0.717) is 12.3 Å². The van der Waals surface area contributed by atoms with Crippen molar-refractivity contribution in [3.05, 3.63) is 29.8 Å². The number of rotatable bonds is 7. The number of likely N-dealkylation sites (tertiary alicyclic amines) is 1. The number of carbonyl (C=O) groups excluding carboxylic acids is 1. The van der Waals surface area contributed by atoms with Gasteiger partial charge in [0.05, 0.1) is 6.10 Å². The van der Waals surface area contributed by atoms with Crippen molar-refractivity contribution in [2.75, 3.05) is 19.7 Å². The predicted molar refractivity (Wildman–Crippen MR) is 90.4 cm³/mol. The summed E-state index contributed by atoms with van der Waals surface area (Å²) in [5.74, 6) is 0.593. The van der Waals surface area contributed by atoms with Crippen LogP contribution in [0.25, 0.3) is 0 Å². The summed E-state index contributed by atoms with van der Waals surface area (Å²) in [4.78, 5) is 13.7. The van der Waals surface area contributed by atoms with E-state index in [2.05, 4.69) is 10.2 Å². The molecule has 0 aliphatic carbocycles. The zero-order chi connectivity index (χ0) is 16.7. The molecule has 0 saturated carbocycles. The Kier molecular flexibility index (Phi) is 6.86. The van der Waals surface area contributed by atoms with Gasteiger partial charge in [-0.2, -0.15) is 0 Å². The van der Waals surface area contributed by atoms with Gasteiger partial charge in [-0.05, 0) is 50.9 Å². The number of amides is 1. The first-order valence-corrected chi connectivity index (χ1v) is 8.50. The molecule has 2 unspecified atom stereocenters. The lowest BCUT2D eigenvalue weighted by atomic mass is 9.97. The Balaban J connectivity index is 1.87. The van der Waals surface area contributed by atoms with Gasteiger partial charge in [-0.25, -0.2) is 0 Å². The van der Waals surface area contributed by atoms with E-state index in [4.69, 9.17) is 4.74 Å². The van der Waals surface area contributed by atoms with Crippen LogP contribution in [-0.2, 0) is 11.3 Å². The molecule has 2 N–H and O–H groups in total. The number of aliphatic hydroxyl groups is 1. The summed E-state index contributed by atoms with van der Waals surface area (Å²) in [6.45, 7) is 6.29. The normalized spacial score (nSPS) is 20.0. The molecule has 1 fully saturated rings. The molecule has 1 aliphatic heterocycles. The highest BCUT2D eigenvalue weighted by Crippen LogP contribution is 2.23. The Morgan fingerprint density at radius 2 is 2.13 bits per heavy atom. The van der Waals surface area contributed by atoms with Gasteiger partial charge in [0.2, 0.25) is 0 Å². The van der Waals surface area contributed by atoms with Crippen LogP contribution in [0.1, 0.15) is 38.7 Å². The highest BCUT2D eigenvalue weighted by atomic mass is 16.5. The van der Waals surface area contributed by atoms with Crippen molar-refractivity contribution in [2.45, 2.75) is 51.8 Å². The zero-order valence-corrected chi connectivity index (χ0v) is 14.1. The predicted octanol–water partition coefficient (Wildman–Crippen LogP) is 1.94. The summed E-state index contributed by atoms with van der Waals surface area (Å²) in [5.41, 5.74) is 1.20. The molecule has 1 heterocycles. The van der Waals surface area contributed by atoms with E-state index in [1.807, 2.05) is 38.1 Å². The van der Waals surface area contributed by atoms with Gasteiger partial charge in [0.25, 0.3) is 5.91 Å². The first-order valence-electron chi connectivity index (χ1n) is 8.50. The first-order chi connectivity index (χ1) is 11.1. The number of likely N-dealkylation sites (N-methyl/N-ethyl adjacent to an activating group) is 1. The van der Waals surface area contributed by atoms with Crippen LogP contribution in [0, 0.1) is 0 Å². The number of benzene rings is 1. The molecule has 128 valence electrons. The number of hydrogen-bond acceptors (Lipinski definition) is 4. The van der Waals surface area contributed by atoms with Crippen LogP contribution in [0.5, 0.6) is 5.75 Å². The van der Waals surface area contributed by atoms with Crippen LogP contribution >= 0.6 is 0 Å². The maximum absolute atomic E-state index is 11.4. The van der Waals surface area contributed by atoms with E-state index in [0.717, 1.165) is 19.5 Å². The van der Waals surface area contributed by atoms with Crippen LogP contribution in [0.2, 0.25) is 0 Å². The molecule has 0 spiro atoms. The average Bonchev–Trinajstić information content (AvgIpc) is 2.55. The van der Waals surface area contributed by atoms with Crippen molar-refractivity contribution in [3.63, 3.8) is 0 Å². The standard InChI is InChI=1S/C18H28N2O3/c1-3-19-18(22)13-23-16-9-7-15(8-10-16)12-20-11-5-4-6-17(20)14(2)21/h7-10,14,17,21H,3-6,11-13H2,1-2H3,(H,19,22). The molecule has 0 bridgehead atoms. The second-order valence-electron chi connectivity index (χ2n) is 6.16. The number of aliphatic hydroxyl groups excluding tert-OH is 1. The number of nitrogens with one attached hydrogen (secondary N) is 1. The van der Waals surface area contributed by atoms with Gasteiger partial charge >= 0.3 is 0 Å². The lowest BCUT2D eigenvalue weighted by Crippen LogP contribution is -2.45. The zero-order valence-electron chi connectivity index (χ0n) is 14.1. The van der Waals surface area contributed by atoms with Gasteiger partial charge in [-0.15, -0.1) is 0 Å². The van der Waals surface area contributed by atoms with E-state index < -0.39 is 0 Å². The van der Waals surface area contributed by atoms with Gasteiger partial charge in [-0.3, -0.25) is 9.69 Å². The van der Waals surface area contributed by atoms with E-state index in [1.54, 1.807) is 0 Å². The number of ether oxygens (including phenoxy) is 1. The minimum Gasteiger partial charge on any atom is -0.484 e. The Morgan fingerprint density at radius 1 is 1.39 bits per heavy atom. The number of nitrogens with zero attached hydrogens (tertiary/aromatic N) is 1. The van der Waals surface area contributed by atoms with Gasteiger partial charge in [0.1, 0.15) is 5.75 Å². The van der Waals surface area contributed by atoms with E-state index in [9.17, 15) is 9.90 Å². The van der Waals surface area contributed by atoms with E-state index >= 15 is 0 Å². The summed E-state index contributed by atoms with van der Waals surface area (Å²) in [5, 5.41) is 12.6. The third-order valence-corrected chi connectivity index (χ3v) is 4.27. The number of carbonyl (C=O) groups is 1. The van der Waals surface area contributed by atoms with Gasteiger partial charge < -0.3 is 15.2 Å². The molecule has 5 heteroatoms. The summed E-state index contributed by atoms with van der Waals surface area (Å²) < 4.78 is 5.46. The number of hydrogen-bond donors (Lipinski definition) is 2. The third-order valence-electron chi connectivity index (χ3n) is 4.27. The fraction of sp³-hybridized carbons (Fsp3) is 0.611. The summed E-state index contributed by atoms with van der Waals surface area (Å²) >= 11 is 0. The van der Waals surface area contributed by atoms with Crippen LogP contribution in [0.4, 0.5) is 0 Å². The molecule has 0 radical (unpaired) electrons. The largest absolute Gasteiger partial charge is 0.484 e. The molecule has 1 aliphatic rings. The fourth-order valence-corrected chi connectivity index (χ4v) is 3.08. The first kappa shape index (κ1) is 17.8. The molecule has 1 saturated heterocycles. The lowest BCUT2D eigenvalue weighted by Gasteiger charge is -2.37. The second-order valence-corrected chi connectivity index (χ2v) is 6.16. The molecule has 2 rings (SSSR count). The maximum atomic E-state index is 11.4. The minimum absolute atomic E-state index is 0.0451. The van der Waals surface area contributed by atoms with Crippen molar-refractivity contribution >= 4 is 5.91 Å². The Labute approximate surface area is 138 Å². The van der Waals surface area contributed by atoms with Crippen molar-refractivity contribution in [3.8, 4) is 5.75 Å². The van der Waals surface area contributed by atoms with Crippen LogP contribution < -0.4 is 10.1 Å². The van der Waals surface area contributed by atoms with Crippen molar-refractivity contribution in [2.24, 2.45) is 0 Å². The minimum atomic E-state index is -0.296. The second kappa shape index (κ2) is 8.89. The van der Waals surface area contributed by atoms with Gasteiger partial charge in [0, 0.05) is 19.1 Å². The summed E-state index contributed by atoms with van der Waals surface area (Å²) in [6.07, 6.45) is 3.15. The molecule has 23 heavy (non-hydrogen) atoms. The number of piperidine rings is 1. The molecule has 1 aromatic carbocycles. The molecular formula is C18H28N2O3. The summed E-state index contributed by atoms with van der Waals surface area (Å²) in [6, 6.07) is 8.10. The molecule has 5 nitrogen and oxygen atoms in total. The highest BCUT2D eigenvalue weighted by molar-refractivity contribution is 5.77. The third kappa shape index (κ3) is 5.52. The molecule has 2 atom stereocenters. The summed E-state index contributed by atoms with van der Waals surface area (Å²) in [7, 11) is 0. The quantitative estimate of drug-likeness (QED) is 0.806. The maximum Gasteiger partial charge on any atom is 0.257 e. The van der Waals surface area contributed by atoms with Crippen LogP contribution in [-0.4, -0.2) is 47.8 Å². The topological polar surface area (TPSA) is 61.8 Å². The van der Waals surface area contributed by atoms with Crippen LogP contribution in [0.15, 0.2) is 24.3 Å². The van der Waals surface area contributed by atoms with Gasteiger partial charge in [-0.1, -0.05) is 18.6 Å². The molecule has 1 aromatic rings. The SMILES string of the molecule is CCNC(=O)COc1ccc(CN2CCCCC2C(C)O)cc1. The van der Waals surface area contributed by atoms with E-state index in [1.165, 1.54) is 18.4 Å². The Morgan fingerprint density at radius 3 is 2.78 bits per heavy atom. The lowest BCUT2D eigenvalue weighted by molar-refractivity contribution is -0.122. The van der Waals surface area contributed by atoms with Crippen molar-refractivity contribution < 1.29 is 14.6 Å². The average molecular weight is 320 g/mol. The smallest absolute Gasteiger partial charge is 0.257 e. The Bertz CT molecular complexity index is 488. The molecular weight excluding hydrogens is 292 g/mol. The van der Waals surface area contributed by atoms with E-state index in [-0.39, 0.29) is 24.7 Å². The van der Waals surface area contributed by atoms with Crippen LogP contribution in [0.3, 0.4) is 0 Å². The highest BCUT2D eigenvalue weighted by Gasteiger charge is 2.25. The Hall–Kier alpha value is -1.59. The fourth-order valence-electron chi connectivity index (χ4n) is 3.08. The van der Waals surface area contributed by atoms with Crippen molar-refractivity contribution in [1.29, 1.82) is 0 Å². The van der Waals surface area contributed by atoms with Gasteiger partial charge in [0.15, 0.2) is 6.61 Å². The molecule has 1 amide bonds. The molecule has 0 aromatic heterocycles. The monoisotopic (exact) mass is 320 g/mol.